The van der Waals surface area contributed by atoms with Crippen LogP contribution in [0.3, 0.4) is 0 Å². The molecule has 1 amide bonds. The van der Waals surface area contributed by atoms with Crippen LogP contribution in [0.4, 0.5) is 0 Å². The van der Waals surface area contributed by atoms with Crippen molar-refractivity contribution in [3.63, 3.8) is 0 Å². The fourth-order valence-corrected chi connectivity index (χ4v) is 5.41. The predicted molar refractivity (Wildman–Crippen MR) is 111 cm³/mol. The maximum atomic E-state index is 13.1. The molecule has 0 bridgehead atoms. The number of thioether (sulfide) groups is 1. The Bertz CT molecular complexity index is 1090. The van der Waals surface area contributed by atoms with Gasteiger partial charge < -0.3 is 9.64 Å². The standard InChI is InChI=1S/C22H19N3O3S/c1-3-9-28-22(27)15(11-23)21-25(4-2)20(26)18-17(19(18)29-21)14-10-13-7-5-6-8-16(13)24-12-14/h3,5-8,10,12,17-19H,1,4,9H2,2H3/b21-15-. The molecular formula is C22H19N3O3S. The zero-order valence-electron chi connectivity index (χ0n) is 15.9. The van der Waals surface area contributed by atoms with Crippen LogP contribution < -0.4 is 0 Å². The highest BCUT2D eigenvalue weighted by molar-refractivity contribution is 8.04. The van der Waals surface area contributed by atoms with E-state index in [4.69, 9.17) is 4.74 Å². The minimum atomic E-state index is -0.732. The van der Waals surface area contributed by atoms with Gasteiger partial charge in [0.1, 0.15) is 17.7 Å². The summed E-state index contributed by atoms with van der Waals surface area (Å²) in [4.78, 5) is 31.4. The predicted octanol–water partition coefficient (Wildman–Crippen LogP) is 3.38. The number of rotatable bonds is 5. The van der Waals surface area contributed by atoms with Gasteiger partial charge in [-0.05, 0) is 24.6 Å². The smallest absolute Gasteiger partial charge is 0.351 e. The quantitative estimate of drug-likeness (QED) is 0.328. The Hall–Kier alpha value is -3.11. The number of esters is 1. The number of fused-ring (bicyclic) bond motifs is 2. The van der Waals surface area contributed by atoms with E-state index < -0.39 is 5.97 Å². The zero-order chi connectivity index (χ0) is 20.5. The lowest BCUT2D eigenvalue weighted by molar-refractivity contribution is -0.137. The molecule has 0 N–H and O–H groups in total. The Morgan fingerprint density at radius 2 is 2.21 bits per heavy atom. The summed E-state index contributed by atoms with van der Waals surface area (Å²) in [5, 5.41) is 10.9. The van der Waals surface area contributed by atoms with Crippen molar-refractivity contribution in [3.8, 4) is 6.07 Å². The number of nitriles is 1. The molecule has 1 aliphatic carbocycles. The Balaban J connectivity index is 1.67. The number of ether oxygens (including phenoxy) is 1. The second-order valence-electron chi connectivity index (χ2n) is 6.86. The van der Waals surface area contributed by atoms with Gasteiger partial charge in [-0.1, -0.05) is 30.9 Å². The lowest BCUT2D eigenvalue weighted by atomic mass is 10.1. The number of carbonyl (C=O) groups excluding carboxylic acids is 2. The van der Waals surface area contributed by atoms with E-state index in [0.29, 0.717) is 11.6 Å². The molecule has 1 aromatic heterocycles. The molecule has 29 heavy (non-hydrogen) atoms. The number of aromatic nitrogens is 1. The fraction of sp³-hybridized carbons (Fsp3) is 0.273. The maximum absolute atomic E-state index is 13.1. The SMILES string of the molecule is C=CCOC(=O)/C(C#N)=C1\SC2C(C(=O)N1CC)C2c1cnc2ccccc2c1. The van der Waals surface area contributed by atoms with E-state index in [1.54, 1.807) is 0 Å². The minimum absolute atomic E-state index is 0.0134. The van der Waals surface area contributed by atoms with E-state index in [1.165, 1.54) is 22.7 Å². The molecule has 1 aromatic carbocycles. The summed E-state index contributed by atoms with van der Waals surface area (Å²) in [6.45, 7) is 5.73. The molecule has 1 aliphatic heterocycles. The molecule has 2 heterocycles. The van der Waals surface area contributed by atoms with Crippen LogP contribution in [0.5, 0.6) is 0 Å². The topological polar surface area (TPSA) is 83.3 Å². The molecule has 1 saturated carbocycles. The molecule has 0 radical (unpaired) electrons. The lowest BCUT2D eigenvalue weighted by Crippen LogP contribution is -2.35. The Kier molecular flexibility index (Phi) is 5.12. The second kappa shape index (κ2) is 7.72. The van der Waals surface area contributed by atoms with Crippen LogP contribution in [0.25, 0.3) is 10.9 Å². The number of pyridine rings is 1. The zero-order valence-corrected chi connectivity index (χ0v) is 16.7. The first-order chi connectivity index (χ1) is 14.1. The van der Waals surface area contributed by atoms with Crippen molar-refractivity contribution < 1.29 is 14.3 Å². The number of benzene rings is 1. The van der Waals surface area contributed by atoms with E-state index >= 15 is 0 Å². The molecule has 6 nitrogen and oxygen atoms in total. The summed E-state index contributed by atoms with van der Waals surface area (Å²) >= 11 is 1.41. The monoisotopic (exact) mass is 405 g/mol. The number of carbonyl (C=O) groups is 2. The van der Waals surface area contributed by atoms with Gasteiger partial charge in [0.25, 0.3) is 0 Å². The molecule has 0 spiro atoms. The molecule has 3 atom stereocenters. The van der Waals surface area contributed by atoms with Crippen molar-refractivity contribution in [3.05, 3.63) is 65.3 Å². The lowest BCUT2D eigenvalue weighted by Gasteiger charge is -2.27. The number of hydrogen-bond donors (Lipinski definition) is 0. The highest BCUT2D eigenvalue weighted by Gasteiger charge is 2.61. The summed E-state index contributed by atoms with van der Waals surface area (Å²) < 4.78 is 5.04. The third-order valence-electron chi connectivity index (χ3n) is 5.17. The van der Waals surface area contributed by atoms with E-state index in [9.17, 15) is 14.9 Å². The molecule has 2 aliphatic rings. The largest absolute Gasteiger partial charge is 0.457 e. The Labute approximate surface area is 172 Å². The first-order valence-electron chi connectivity index (χ1n) is 9.35. The number of hydrogen-bond acceptors (Lipinski definition) is 6. The van der Waals surface area contributed by atoms with E-state index in [1.807, 2.05) is 43.5 Å². The van der Waals surface area contributed by atoms with Crippen molar-refractivity contribution >= 4 is 34.5 Å². The van der Waals surface area contributed by atoms with Crippen molar-refractivity contribution in [1.82, 2.24) is 9.88 Å². The van der Waals surface area contributed by atoms with Gasteiger partial charge in [0.05, 0.1) is 11.4 Å². The van der Waals surface area contributed by atoms with E-state index in [0.717, 1.165) is 16.5 Å². The van der Waals surface area contributed by atoms with E-state index in [2.05, 4.69) is 17.6 Å². The van der Waals surface area contributed by atoms with Crippen LogP contribution >= 0.6 is 11.8 Å². The summed E-state index contributed by atoms with van der Waals surface area (Å²) in [5.74, 6) is -0.950. The highest BCUT2D eigenvalue weighted by Crippen LogP contribution is 2.61. The maximum Gasteiger partial charge on any atom is 0.351 e. The van der Waals surface area contributed by atoms with Crippen LogP contribution in [0, 0.1) is 17.2 Å². The summed E-state index contributed by atoms with van der Waals surface area (Å²) in [6.07, 6.45) is 3.26. The number of nitrogens with zero attached hydrogens (tertiary/aromatic N) is 3. The molecule has 4 rings (SSSR count). The van der Waals surface area contributed by atoms with Gasteiger partial charge in [-0.15, -0.1) is 11.8 Å². The van der Waals surface area contributed by atoms with Gasteiger partial charge in [0, 0.05) is 29.3 Å². The average molecular weight is 405 g/mol. The van der Waals surface area contributed by atoms with Gasteiger partial charge in [0.2, 0.25) is 5.91 Å². The van der Waals surface area contributed by atoms with Crippen molar-refractivity contribution in [2.45, 2.75) is 18.1 Å². The van der Waals surface area contributed by atoms with Gasteiger partial charge in [-0.3, -0.25) is 9.78 Å². The van der Waals surface area contributed by atoms with Crippen molar-refractivity contribution in [1.29, 1.82) is 5.26 Å². The molecule has 2 aromatic rings. The average Bonchev–Trinajstić information content (AvgIpc) is 3.47. The Morgan fingerprint density at radius 1 is 1.41 bits per heavy atom. The fourth-order valence-electron chi connectivity index (χ4n) is 3.74. The van der Waals surface area contributed by atoms with Crippen molar-refractivity contribution in [2.75, 3.05) is 13.2 Å². The van der Waals surface area contributed by atoms with Crippen LogP contribution in [-0.4, -0.2) is 40.2 Å². The Morgan fingerprint density at radius 3 is 2.93 bits per heavy atom. The van der Waals surface area contributed by atoms with Gasteiger partial charge in [-0.2, -0.15) is 5.26 Å². The van der Waals surface area contributed by atoms with Crippen LogP contribution in [0.2, 0.25) is 0 Å². The third-order valence-corrected chi connectivity index (χ3v) is 6.68. The van der Waals surface area contributed by atoms with Crippen LogP contribution in [0.15, 0.2) is 59.8 Å². The number of para-hydroxylation sites is 1. The van der Waals surface area contributed by atoms with Gasteiger partial charge in [-0.25, -0.2) is 4.79 Å². The van der Waals surface area contributed by atoms with E-state index in [-0.39, 0.29) is 35.2 Å². The molecule has 2 fully saturated rings. The first kappa shape index (κ1) is 19.2. The minimum Gasteiger partial charge on any atom is -0.457 e. The summed E-state index contributed by atoms with van der Waals surface area (Å²) in [6, 6.07) is 11.9. The van der Waals surface area contributed by atoms with Gasteiger partial charge >= 0.3 is 5.97 Å². The van der Waals surface area contributed by atoms with Gasteiger partial charge in [0.15, 0.2) is 5.57 Å². The summed E-state index contributed by atoms with van der Waals surface area (Å²) in [7, 11) is 0. The summed E-state index contributed by atoms with van der Waals surface area (Å²) in [5.41, 5.74) is 1.78. The molecule has 1 saturated heterocycles. The number of amides is 1. The third kappa shape index (κ3) is 3.30. The molecule has 146 valence electrons. The molecule has 7 heteroatoms. The highest BCUT2D eigenvalue weighted by atomic mass is 32.2. The van der Waals surface area contributed by atoms with Crippen molar-refractivity contribution in [2.24, 2.45) is 5.92 Å². The second-order valence-corrected chi connectivity index (χ2v) is 8.02. The molecular weight excluding hydrogens is 386 g/mol. The van der Waals surface area contributed by atoms with Crippen LogP contribution in [-0.2, 0) is 14.3 Å². The molecule has 3 unspecified atom stereocenters. The van der Waals surface area contributed by atoms with Crippen LogP contribution in [0.1, 0.15) is 18.4 Å². The first-order valence-corrected chi connectivity index (χ1v) is 10.2. The normalized spacial score (nSPS) is 24.5.